The number of nitrogens with zero attached hydrogens (tertiary/aromatic N) is 2. The first-order valence-electron chi connectivity index (χ1n) is 4.42. The summed E-state index contributed by atoms with van der Waals surface area (Å²) in [5, 5.41) is 12.8. The topological polar surface area (TPSA) is 38.1 Å². The first kappa shape index (κ1) is 9.03. The Morgan fingerprint density at radius 3 is 2.71 bits per heavy atom. The van der Waals surface area contributed by atoms with E-state index in [1.54, 1.807) is 17.1 Å². The van der Waals surface area contributed by atoms with Gasteiger partial charge < -0.3 is 5.02 Å². The monoisotopic (exact) mass is 185 g/mol. The molecular formula is C10H10BN2O. The highest BCUT2D eigenvalue weighted by atomic mass is 16.2. The molecule has 0 aliphatic rings. The van der Waals surface area contributed by atoms with Gasteiger partial charge in [-0.3, -0.25) is 4.68 Å². The van der Waals surface area contributed by atoms with Gasteiger partial charge in [0.05, 0.1) is 6.54 Å². The molecule has 0 aliphatic carbocycles. The van der Waals surface area contributed by atoms with Gasteiger partial charge in [-0.25, -0.2) is 0 Å². The highest BCUT2D eigenvalue weighted by Gasteiger charge is 1.98. The van der Waals surface area contributed by atoms with E-state index in [9.17, 15) is 0 Å². The molecule has 1 heterocycles. The van der Waals surface area contributed by atoms with Gasteiger partial charge in [-0.2, -0.15) is 5.10 Å². The molecular weight excluding hydrogens is 175 g/mol. The Morgan fingerprint density at radius 2 is 2.07 bits per heavy atom. The molecule has 0 unspecified atom stereocenters. The molecule has 1 aromatic heterocycles. The zero-order chi connectivity index (χ0) is 9.80. The summed E-state index contributed by atoms with van der Waals surface area (Å²) < 4.78 is 1.79. The molecule has 0 fully saturated rings. The molecule has 69 valence electrons. The van der Waals surface area contributed by atoms with Crippen LogP contribution in [-0.4, -0.2) is 22.3 Å². The predicted octanol–water partition coefficient (Wildman–Crippen LogP) is 0.168. The molecule has 1 aromatic carbocycles. The average Bonchev–Trinajstić information content (AvgIpc) is 2.67. The van der Waals surface area contributed by atoms with Crippen LogP contribution in [0.4, 0.5) is 0 Å². The Morgan fingerprint density at radius 1 is 1.29 bits per heavy atom. The van der Waals surface area contributed by atoms with Crippen molar-refractivity contribution in [2.75, 3.05) is 0 Å². The van der Waals surface area contributed by atoms with Crippen LogP contribution < -0.4 is 5.46 Å². The predicted molar refractivity (Wildman–Crippen MR) is 55.4 cm³/mol. The van der Waals surface area contributed by atoms with E-state index in [2.05, 4.69) is 5.10 Å². The van der Waals surface area contributed by atoms with Crippen LogP contribution in [0.1, 0.15) is 5.56 Å². The molecule has 14 heavy (non-hydrogen) atoms. The smallest absolute Gasteiger partial charge is 0.330 e. The van der Waals surface area contributed by atoms with Crippen LogP contribution >= 0.6 is 0 Å². The lowest BCUT2D eigenvalue weighted by Gasteiger charge is -2.00. The lowest BCUT2D eigenvalue weighted by atomic mass is 9.93. The number of rotatable bonds is 3. The second kappa shape index (κ2) is 4.11. The van der Waals surface area contributed by atoms with E-state index in [4.69, 9.17) is 5.02 Å². The van der Waals surface area contributed by atoms with Crippen molar-refractivity contribution in [2.24, 2.45) is 0 Å². The molecule has 2 aromatic rings. The number of hydrogen-bond acceptors (Lipinski definition) is 2. The van der Waals surface area contributed by atoms with E-state index in [0.29, 0.717) is 0 Å². The summed E-state index contributed by atoms with van der Waals surface area (Å²) in [6.07, 6.45) is 3.43. The second-order valence-corrected chi connectivity index (χ2v) is 3.09. The summed E-state index contributed by atoms with van der Waals surface area (Å²) in [4.78, 5) is 0. The molecule has 0 spiro atoms. The van der Waals surface area contributed by atoms with Crippen molar-refractivity contribution in [3.8, 4) is 0 Å². The van der Waals surface area contributed by atoms with E-state index in [1.807, 2.05) is 30.3 Å². The van der Waals surface area contributed by atoms with E-state index < -0.39 is 0 Å². The van der Waals surface area contributed by atoms with E-state index in [1.165, 1.54) is 5.56 Å². The third-order valence-corrected chi connectivity index (χ3v) is 1.99. The fourth-order valence-electron chi connectivity index (χ4n) is 1.30. The Hall–Kier alpha value is -1.55. The van der Waals surface area contributed by atoms with Crippen LogP contribution in [0.25, 0.3) is 0 Å². The number of hydrogen-bond donors (Lipinski definition) is 1. The van der Waals surface area contributed by atoms with Gasteiger partial charge in [0, 0.05) is 12.4 Å². The summed E-state index contributed by atoms with van der Waals surface area (Å²) in [6, 6.07) is 10.1. The molecule has 1 radical (unpaired) electrons. The first-order valence-corrected chi connectivity index (χ1v) is 4.42. The van der Waals surface area contributed by atoms with Gasteiger partial charge in [-0.05, 0) is 11.0 Å². The van der Waals surface area contributed by atoms with Gasteiger partial charge in [0.2, 0.25) is 0 Å². The minimum Gasteiger partial charge on any atom is -0.450 e. The van der Waals surface area contributed by atoms with Crippen LogP contribution in [0.5, 0.6) is 0 Å². The largest absolute Gasteiger partial charge is 0.450 e. The molecule has 0 amide bonds. The Labute approximate surface area is 83.3 Å². The van der Waals surface area contributed by atoms with E-state index in [0.717, 1.165) is 19.5 Å². The number of benzene rings is 1. The average molecular weight is 185 g/mol. The quantitative estimate of drug-likeness (QED) is 0.692. The zero-order valence-corrected chi connectivity index (χ0v) is 7.67. The van der Waals surface area contributed by atoms with Crippen LogP contribution in [0.15, 0.2) is 42.7 Å². The minimum absolute atomic E-state index is 0.723. The van der Waals surface area contributed by atoms with Crippen molar-refractivity contribution in [3.63, 3.8) is 0 Å². The van der Waals surface area contributed by atoms with Crippen molar-refractivity contribution in [2.45, 2.75) is 6.54 Å². The summed E-state index contributed by atoms with van der Waals surface area (Å²) >= 11 is 0. The van der Waals surface area contributed by atoms with E-state index in [-0.39, 0.29) is 0 Å². The molecule has 0 saturated carbocycles. The van der Waals surface area contributed by atoms with Crippen LogP contribution in [-0.2, 0) is 6.54 Å². The maximum Gasteiger partial charge on any atom is 0.330 e. The highest BCUT2D eigenvalue weighted by molar-refractivity contribution is 6.45. The molecule has 2 rings (SSSR count). The fourth-order valence-corrected chi connectivity index (χ4v) is 1.30. The van der Waals surface area contributed by atoms with Crippen molar-refractivity contribution in [1.82, 2.24) is 9.78 Å². The molecule has 0 aliphatic heterocycles. The zero-order valence-electron chi connectivity index (χ0n) is 7.67. The third-order valence-electron chi connectivity index (χ3n) is 1.99. The van der Waals surface area contributed by atoms with Gasteiger partial charge in [-0.15, -0.1) is 0 Å². The standard InChI is InChI=1S/C10H10BN2O/c14-11-10-6-12-13(8-10)7-9-4-2-1-3-5-9/h1-6,8,14H,7H2. The molecule has 1 N–H and O–H groups in total. The van der Waals surface area contributed by atoms with Gasteiger partial charge in [-0.1, -0.05) is 30.3 Å². The van der Waals surface area contributed by atoms with E-state index >= 15 is 0 Å². The second-order valence-electron chi connectivity index (χ2n) is 3.09. The molecule has 4 heteroatoms. The molecule has 0 bridgehead atoms. The number of aromatic nitrogens is 2. The summed E-state index contributed by atoms with van der Waals surface area (Å²) in [7, 11) is 1.05. The summed E-state index contributed by atoms with van der Waals surface area (Å²) in [6.45, 7) is 0.731. The first-order chi connectivity index (χ1) is 6.88. The van der Waals surface area contributed by atoms with Crippen LogP contribution in [0, 0.1) is 0 Å². The normalized spacial score (nSPS) is 10.1. The van der Waals surface area contributed by atoms with Gasteiger partial charge in [0.1, 0.15) is 0 Å². The van der Waals surface area contributed by atoms with Gasteiger partial charge in [0.25, 0.3) is 0 Å². The SMILES string of the molecule is O[B]c1cnn(Cc2ccccc2)c1. The Balaban J connectivity index is 2.11. The highest BCUT2D eigenvalue weighted by Crippen LogP contribution is 1.99. The molecule has 0 atom stereocenters. The van der Waals surface area contributed by atoms with Crippen molar-refractivity contribution in [3.05, 3.63) is 48.3 Å². The Kier molecular flexibility index (Phi) is 2.65. The lowest BCUT2D eigenvalue weighted by molar-refractivity contribution is 0.615. The van der Waals surface area contributed by atoms with Crippen molar-refractivity contribution >= 4 is 12.9 Å². The maximum absolute atomic E-state index is 8.74. The van der Waals surface area contributed by atoms with Crippen molar-refractivity contribution in [1.29, 1.82) is 0 Å². The molecule has 0 saturated heterocycles. The van der Waals surface area contributed by atoms with Crippen molar-refractivity contribution < 1.29 is 5.02 Å². The molecule has 3 nitrogen and oxygen atoms in total. The fraction of sp³-hybridized carbons (Fsp3) is 0.100. The lowest BCUT2D eigenvalue weighted by Crippen LogP contribution is -2.10. The summed E-state index contributed by atoms with van der Waals surface area (Å²) in [5.74, 6) is 0. The summed E-state index contributed by atoms with van der Waals surface area (Å²) in [5.41, 5.74) is 1.92. The van der Waals surface area contributed by atoms with Crippen LogP contribution in [0.3, 0.4) is 0 Å². The van der Waals surface area contributed by atoms with Crippen LogP contribution in [0.2, 0.25) is 0 Å². The van der Waals surface area contributed by atoms with Gasteiger partial charge >= 0.3 is 7.48 Å². The Bertz CT molecular complexity index is 400. The maximum atomic E-state index is 8.74. The minimum atomic E-state index is 0.723. The van der Waals surface area contributed by atoms with Gasteiger partial charge in [0.15, 0.2) is 0 Å². The third kappa shape index (κ3) is 2.03.